The molecule has 0 amide bonds. The first-order chi connectivity index (χ1) is 19.2. The summed E-state index contributed by atoms with van der Waals surface area (Å²) in [6.45, 7) is 0. The van der Waals surface area contributed by atoms with Crippen molar-refractivity contribution in [3.63, 3.8) is 0 Å². The van der Waals surface area contributed by atoms with Gasteiger partial charge in [0.2, 0.25) is 0 Å². The predicted octanol–water partition coefficient (Wildman–Crippen LogP) is 8.55. The Balaban J connectivity index is 1.37. The van der Waals surface area contributed by atoms with E-state index in [0.717, 1.165) is 44.9 Å². The van der Waals surface area contributed by atoms with E-state index >= 15 is 0 Å². The van der Waals surface area contributed by atoms with E-state index in [1.165, 1.54) is 27.1 Å². The summed E-state index contributed by atoms with van der Waals surface area (Å²) in [6.07, 6.45) is 1.84. The van der Waals surface area contributed by atoms with E-state index in [2.05, 4.69) is 130 Å². The Labute approximate surface area is 225 Å². The van der Waals surface area contributed by atoms with Crippen molar-refractivity contribution < 1.29 is 0 Å². The summed E-state index contributed by atoms with van der Waals surface area (Å²) in [5.41, 5.74) is 8.74. The monoisotopic (exact) mass is 500 g/mol. The zero-order valence-corrected chi connectivity index (χ0v) is 21.4. The molecule has 0 aliphatic carbocycles. The van der Waals surface area contributed by atoms with Gasteiger partial charge in [-0.15, -0.1) is 0 Å². The number of nitrogens with zero attached hydrogens (tertiary/aromatic N) is 4. The molecule has 4 heteroatoms. The van der Waals surface area contributed by atoms with Crippen LogP contribution in [-0.4, -0.2) is 19.1 Å². The zero-order chi connectivity index (χ0) is 25.9. The van der Waals surface area contributed by atoms with Gasteiger partial charge >= 0.3 is 0 Å². The van der Waals surface area contributed by atoms with Gasteiger partial charge in [0.05, 0.1) is 27.8 Å². The fourth-order valence-corrected chi connectivity index (χ4v) is 5.86. The third-order valence-electron chi connectivity index (χ3n) is 7.75. The fraction of sp³-hybridized carbons (Fsp3) is 0.0286. The molecule has 3 heterocycles. The summed E-state index contributed by atoms with van der Waals surface area (Å²) in [7, 11) is 2.11. The maximum atomic E-state index is 5.09. The van der Waals surface area contributed by atoms with Crippen molar-refractivity contribution in [2.75, 3.05) is 0 Å². The first kappa shape index (κ1) is 21.8. The molecule has 3 aromatic heterocycles. The third kappa shape index (κ3) is 3.39. The summed E-state index contributed by atoms with van der Waals surface area (Å²) in [6, 6.07) is 42.9. The number of benzene rings is 5. The number of rotatable bonds is 3. The van der Waals surface area contributed by atoms with Crippen LogP contribution in [0.5, 0.6) is 0 Å². The van der Waals surface area contributed by atoms with Crippen LogP contribution in [0.3, 0.4) is 0 Å². The number of hydrogen-bond donors (Lipinski definition) is 0. The number of aryl methyl sites for hydroxylation is 1. The van der Waals surface area contributed by atoms with E-state index in [0.29, 0.717) is 0 Å². The SMILES string of the molecule is Cn1c(-c2ccc3c4ccccc4n(-c4cccc(-c5ccccn5)c4)c3c2)nc2cc3ccccc3cc21. The molecule has 0 saturated heterocycles. The molecule has 0 spiro atoms. The molecular formula is C35H24N4. The highest BCUT2D eigenvalue weighted by atomic mass is 15.1. The summed E-state index contributed by atoms with van der Waals surface area (Å²) in [5.74, 6) is 0.959. The maximum absolute atomic E-state index is 5.09. The van der Waals surface area contributed by atoms with Crippen LogP contribution in [0.2, 0.25) is 0 Å². The van der Waals surface area contributed by atoms with Crippen LogP contribution < -0.4 is 0 Å². The van der Waals surface area contributed by atoms with Gasteiger partial charge in [-0.2, -0.15) is 0 Å². The Hall–Kier alpha value is -5.22. The van der Waals surface area contributed by atoms with Crippen LogP contribution in [0.1, 0.15) is 0 Å². The van der Waals surface area contributed by atoms with Gasteiger partial charge in [-0.3, -0.25) is 4.98 Å². The van der Waals surface area contributed by atoms with E-state index in [9.17, 15) is 0 Å². The third-order valence-corrected chi connectivity index (χ3v) is 7.75. The van der Waals surface area contributed by atoms with E-state index in [1.807, 2.05) is 18.3 Å². The van der Waals surface area contributed by atoms with Crippen LogP contribution in [-0.2, 0) is 7.05 Å². The molecule has 0 aliphatic rings. The first-order valence-corrected chi connectivity index (χ1v) is 13.2. The van der Waals surface area contributed by atoms with Gasteiger partial charge in [0.1, 0.15) is 5.82 Å². The minimum atomic E-state index is 0.959. The summed E-state index contributed by atoms with van der Waals surface area (Å²) >= 11 is 0. The standard InChI is InChI=1S/C35H24N4/c1-38-34-21-24-10-3-2-9-23(24)20-31(34)37-35(38)26-16-17-29-28-13-4-5-15-32(28)39(33(29)22-26)27-12-8-11-25(19-27)30-14-6-7-18-36-30/h2-22H,1H3. The molecule has 0 atom stereocenters. The summed E-state index contributed by atoms with van der Waals surface area (Å²) in [5, 5.41) is 4.89. The lowest BCUT2D eigenvalue weighted by Crippen LogP contribution is -1.96. The van der Waals surface area contributed by atoms with Crippen molar-refractivity contribution in [3.05, 3.63) is 128 Å². The Bertz CT molecular complexity index is 2180. The highest BCUT2D eigenvalue weighted by Crippen LogP contribution is 2.36. The predicted molar refractivity (Wildman–Crippen MR) is 161 cm³/mol. The molecule has 8 aromatic rings. The Morgan fingerprint density at radius 1 is 0.564 bits per heavy atom. The number of fused-ring (bicyclic) bond motifs is 5. The molecule has 5 aromatic carbocycles. The van der Waals surface area contributed by atoms with Crippen molar-refractivity contribution in [3.8, 4) is 28.3 Å². The van der Waals surface area contributed by atoms with Gasteiger partial charge in [-0.05, 0) is 59.3 Å². The minimum Gasteiger partial charge on any atom is -0.327 e. The lowest BCUT2D eigenvalue weighted by Gasteiger charge is -2.11. The molecule has 184 valence electrons. The molecule has 39 heavy (non-hydrogen) atoms. The smallest absolute Gasteiger partial charge is 0.140 e. The highest BCUT2D eigenvalue weighted by molar-refractivity contribution is 6.10. The molecular weight excluding hydrogens is 476 g/mol. The van der Waals surface area contributed by atoms with E-state index < -0.39 is 0 Å². The zero-order valence-electron chi connectivity index (χ0n) is 21.4. The van der Waals surface area contributed by atoms with Crippen molar-refractivity contribution in [2.24, 2.45) is 7.05 Å². The second-order valence-electron chi connectivity index (χ2n) is 10.0. The number of aromatic nitrogens is 4. The van der Waals surface area contributed by atoms with Crippen LogP contribution in [0.25, 0.3) is 71.9 Å². The Kier molecular flexibility index (Phi) is 4.70. The molecule has 0 radical (unpaired) electrons. The lowest BCUT2D eigenvalue weighted by molar-refractivity contribution is 0.960. The fourth-order valence-electron chi connectivity index (χ4n) is 5.86. The number of para-hydroxylation sites is 1. The Morgan fingerprint density at radius 2 is 1.36 bits per heavy atom. The topological polar surface area (TPSA) is 35.6 Å². The van der Waals surface area contributed by atoms with E-state index in [-0.39, 0.29) is 0 Å². The Morgan fingerprint density at radius 3 is 2.23 bits per heavy atom. The summed E-state index contributed by atoms with van der Waals surface area (Å²) in [4.78, 5) is 9.68. The molecule has 0 saturated carbocycles. The van der Waals surface area contributed by atoms with Gasteiger partial charge in [0, 0.05) is 40.8 Å². The average molecular weight is 501 g/mol. The normalized spacial score (nSPS) is 11.7. The van der Waals surface area contributed by atoms with Gasteiger partial charge in [0.25, 0.3) is 0 Å². The van der Waals surface area contributed by atoms with Crippen molar-refractivity contribution in [2.45, 2.75) is 0 Å². The van der Waals surface area contributed by atoms with Gasteiger partial charge in [-0.25, -0.2) is 4.98 Å². The molecule has 0 unspecified atom stereocenters. The number of hydrogen-bond acceptors (Lipinski definition) is 2. The largest absolute Gasteiger partial charge is 0.327 e. The summed E-state index contributed by atoms with van der Waals surface area (Å²) < 4.78 is 4.56. The highest BCUT2D eigenvalue weighted by Gasteiger charge is 2.16. The van der Waals surface area contributed by atoms with Gasteiger partial charge < -0.3 is 9.13 Å². The first-order valence-electron chi connectivity index (χ1n) is 13.2. The van der Waals surface area contributed by atoms with E-state index in [1.54, 1.807) is 0 Å². The van der Waals surface area contributed by atoms with Crippen LogP contribution in [0.15, 0.2) is 128 Å². The lowest BCUT2D eigenvalue weighted by atomic mass is 10.1. The van der Waals surface area contributed by atoms with Crippen molar-refractivity contribution >= 4 is 43.6 Å². The molecule has 8 rings (SSSR count). The van der Waals surface area contributed by atoms with Gasteiger partial charge in [0.15, 0.2) is 0 Å². The number of pyridine rings is 1. The van der Waals surface area contributed by atoms with Gasteiger partial charge in [-0.1, -0.05) is 72.8 Å². The van der Waals surface area contributed by atoms with Crippen LogP contribution >= 0.6 is 0 Å². The molecule has 0 N–H and O–H groups in total. The van der Waals surface area contributed by atoms with Crippen LogP contribution in [0, 0.1) is 0 Å². The average Bonchev–Trinajstić information content (AvgIpc) is 3.50. The molecule has 0 aliphatic heterocycles. The van der Waals surface area contributed by atoms with Crippen molar-refractivity contribution in [1.29, 1.82) is 0 Å². The number of imidazole rings is 1. The van der Waals surface area contributed by atoms with Crippen LogP contribution in [0.4, 0.5) is 0 Å². The second kappa shape index (κ2) is 8.40. The molecule has 0 fully saturated rings. The quantitative estimate of drug-likeness (QED) is 0.244. The molecule has 0 bridgehead atoms. The minimum absolute atomic E-state index is 0.959. The van der Waals surface area contributed by atoms with E-state index in [4.69, 9.17) is 4.98 Å². The second-order valence-corrected chi connectivity index (χ2v) is 10.0. The maximum Gasteiger partial charge on any atom is 0.140 e. The molecule has 4 nitrogen and oxygen atoms in total. The van der Waals surface area contributed by atoms with Crippen molar-refractivity contribution in [1.82, 2.24) is 19.1 Å².